The zero-order chi connectivity index (χ0) is 28.5. The van der Waals surface area contributed by atoms with Crippen LogP contribution in [-0.2, 0) is 4.74 Å². The maximum Gasteiger partial charge on any atom is 0.410 e. The summed E-state index contributed by atoms with van der Waals surface area (Å²) in [6.07, 6.45) is 5.42. The molecule has 0 spiro atoms. The molecule has 0 bridgehead atoms. The number of hydrogen-bond donors (Lipinski definition) is 2. The van der Waals surface area contributed by atoms with Gasteiger partial charge in [0.2, 0.25) is 17.6 Å². The fraction of sp³-hybridized carbons (Fsp3) is 0.704. The predicted molar refractivity (Wildman–Crippen MR) is 145 cm³/mol. The number of halogens is 1. The molecule has 1 fully saturated rings. The molecule has 11 heteroatoms. The van der Waals surface area contributed by atoms with Gasteiger partial charge in [0.1, 0.15) is 24.0 Å². The van der Waals surface area contributed by atoms with Crippen molar-refractivity contribution in [1.29, 1.82) is 0 Å². The van der Waals surface area contributed by atoms with Crippen LogP contribution in [0.25, 0.3) is 0 Å². The number of likely N-dealkylation sites (tertiary alicyclic amines) is 1. The minimum atomic E-state index is -0.980. The van der Waals surface area contributed by atoms with E-state index in [1.165, 1.54) is 7.05 Å². The third-order valence-corrected chi connectivity index (χ3v) is 6.25. The van der Waals surface area contributed by atoms with Crippen LogP contribution in [0.3, 0.4) is 0 Å². The third kappa shape index (κ3) is 9.63. The van der Waals surface area contributed by atoms with Gasteiger partial charge in [-0.3, -0.25) is 4.99 Å². The lowest BCUT2D eigenvalue weighted by Crippen LogP contribution is -2.50. The van der Waals surface area contributed by atoms with E-state index in [0.717, 1.165) is 0 Å². The number of nitrogens with one attached hydrogen (secondary N) is 1. The van der Waals surface area contributed by atoms with Crippen molar-refractivity contribution >= 4 is 11.9 Å². The molecule has 0 aliphatic carbocycles. The third-order valence-electron chi connectivity index (χ3n) is 6.25. The second-order valence-electron chi connectivity index (χ2n) is 10.7. The number of nitrogens with zero attached hydrogens (tertiary/aromatic N) is 4. The average Bonchev–Trinajstić information content (AvgIpc) is 2.82. The van der Waals surface area contributed by atoms with E-state index in [9.17, 15) is 9.18 Å². The van der Waals surface area contributed by atoms with E-state index in [2.05, 4.69) is 26.2 Å². The van der Waals surface area contributed by atoms with Crippen molar-refractivity contribution in [2.75, 3.05) is 27.2 Å². The number of piperidine rings is 1. The molecule has 0 unspecified atom stereocenters. The van der Waals surface area contributed by atoms with Crippen LogP contribution in [0.4, 0.5) is 9.18 Å². The Balaban J connectivity index is 2.18. The molecular weight excluding hydrogens is 491 g/mol. The van der Waals surface area contributed by atoms with E-state index in [4.69, 9.17) is 26.4 Å². The highest BCUT2D eigenvalue weighted by molar-refractivity contribution is 5.94. The maximum absolute atomic E-state index is 14.1. The number of ether oxygens (including phenoxy) is 3. The second kappa shape index (κ2) is 14.1. The second-order valence-corrected chi connectivity index (χ2v) is 10.7. The summed E-state index contributed by atoms with van der Waals surface area (Å²) in [7, 11) is 3.26. The first-order valence-corrected chi connectivity index (χ1v) is 13.0. The number of amides is 1. The first-order chi connectivity index (χ1) is 17.9. The Morgan fingerprint density at radius 2 is 2.05 bits per heavy atom. The lowest BCUT2D eigenvalue weighted by atomic mass is 9.97. The Labute approximate surface area is 225 Å². The van der Waals surface area contributed by atoms with E-state index >= 15 is 0 Å². The van der Waals surface area contributed by atoms with E-state index < -0.39 is 17.9 Å². The molecule has 1 aliphatic rings. The summed E-state index contributed by atoms with van der Waals surface area (Å²) in [6, 6.07) is 1.35. The quantitative estimate of drug-likeness (QED) is 0.252. The van der Waals surface area contributed by atoms with Crippen molar-refractivity contribution in [3.8, 4) is 24.1 Å². The molecule has 0 aromatic carbocycles. The molecule has 1 aromatic rings. The van der Waals surface area contributed by atoms with E-state index in [1.807, 2.05) is 34.6 Å². The maximum atomic E-state index is 14.1. The lowest BCUT2D eigenvalue weighted by Gasteiger charge is -2.39. The molecule has 212 valence electrons. The number of carbonyl (C=O) groups excluding carboxylic acids is 1. The molecule has 1 amide bonds. The first kappa shape index (κ1) is 31.1. The lowest BCUT2D eigenvalue weighted by molar-refractivity contribution is -0.00377. The number of carbonyl (C=O) groups is 1. The highest BCUT2D eigenvalue weighted by atomic mass is 19.1. The first-order valence-electron chi connectivity index (χ1n) is 13.0. The van der Waals surface area contributed by atoms with Crippen LogP contribution in [0.5, 0.6) is 11.8 Å². The highest BCUT2D eigenvalue weighted by Gasteiger charge is 2.35. The standard InChI is InChI=1S/C27H43FN6O4/c1-9-10-20-14-21(11-12-34(20)26(35)38-27(4,5)6)37-23-15-22(32-25(33-23)24(29)31-8)36-18(3)17(2)13-19(28)16-30-7/h1,15,17-21,30H,10-14,16H2,2-8H3,(H2,29,31)/t17-,18-,19-,20+,21-/m0/s1. The van der Waals surface area contributed by atoms with Gasteiger partial charge in [-0.1, -0.05) is 6.92 Å². The molecule has 5 atom stereocenters. The highest BCUT2D eigenvalue weighted by Crippen LogP contribution is 2.27. The summed E-state index contributed by atoms with van der Waals surface area (Å²) >= 11 is 0. The smallest absolute Gasteiger partial charge is 0.410 e. The number of amidine groups is 1. The molecule has 1 saturated heterocycles. The molecule has 38 heavy (non-hydrogen) atoms. The zero-order valence-corrected chi connectivity index (χ0v) is 23.7. The molecule has 10 nitrogen and oxygen atoms in total. The largest absolute Gasteiger partial charge is 0.474 e. The summed E-state index contributed by atoms with van der Waals surface area (Å²) < 4.78 is 31.9. The van der Waals surface area contributed by atoms with Crippen LogP contribution < -0.4 is 20.5 Å². The van der Waals surface area contributed by atoms with Gasteiger partial charge in [0.25, 0.3) is 0 Å². The van der Waals surface area contributed by atoms with Gasteiger partial charge in [0.05, 0.1) is 6.07 Å². The normalized spacial score (nSPS) is 20.7. The van der Waals surface area contributed by atoms with Crippen molar-refractivity contribution in [2.45, 2.75) is 90.3 Å². The molecular formula is C27H43FN6O4. The molecule has 1 aliphatic heterocycles. The fourth-order valence-electron chi connectivity index (χ4n) is 4.13. The van der Waals surface area contributed by atoms with Crippen molar-refractivity contribution < 1.29 is 23.4 Å². The summed E-state index contributed by atoms with van der Waals surface area (Å²) in [5, 5.41) is 2.84. The van der Waals surface area contributed by atoms with Crippen LogP contribution in [0.2, 0.25) is 0 Å². The fourth-order valence-corrected chi connectivity index (χ4v) is 4.13. The molecule has 2 heterocycles. The number of hydrogen-bond acceptors (Lipinski definition) is 8. The monoisotopic (exact) mass is 534 g/mol. The van der Waals surface area contributed by atoms with Gasteiger partial charge in [-0.05, 0) is 47.1 Å². The van der Waals surface area contributed by atoms with Crippen LogP contribution >= 0.6 is 0 Å². The summed E-state index contributed by atoms with van der Waals surface area (Å²) in [4.78, 5) is 27.2. The van der Waals surface area contributed by atoms with Crippen LogP contribution in [0, 0.1) is 18.3 Å². The Morgan fingerprint density at radius 1 is 1.37 bits per heavy atom. The van der Waals surface area contributed by atoms with Crippen molar-refractivity contribution in [1.82, 2.24) is 20.2 Å². The minimum absolute atomic E-state index is 0.0694. The van der Waals surface area contributed by atoms with Gasteiger partial charge < -0.3 is 30.2 Å². The summed E-state index contributed by atoms with van der Waals surface area (Å²) in [5.74, 6) is 3.40. The van der Waals surface area contributed by atoms with Crippen LogP contribution in [0.15, 0.2) is 11.1 Å². The van der Waals surface area contributed by atoms with Crippen LogP contribution in [-0.4, -0.2) is 84.0 Å². The Morgan fingerprint density at radius 3 is 2.66 bits per heavy atom. The van der Waals surface area contributed by atoms with Crippen molar-refractivity contribution in [2.24, 2.45) is 16.6 Å². The topological polar surface area (TPSA) is 124 Å². The van der Waals surface area contributed by atoms with Crippen LogP contribution in [0.1, 0.15) is 66.1 Å². The Hall–Kier alpha value is -3.13. The number of aromatic nitrogens is 2. The van der Waals surface area contributed by atoms with Gasteiger partial charge in [-0.15, -0.1) is 12.3 Å². The van der Waals surface area contributed by atoms with Gasteiger partial charge in [-0.25, -0.2) is 9.18 Å². The van der Waals surface area contributed by atoms with E-state index in [0.29, 0.717) is 32.2 Å². The Bertz CT molecular complexity index is 993. The summed E-state index contributed by atoms with van der Waals surface area (Å²) in [5.41, 5.74) is 5.39. The SMILES string of the molecule is C#CC[C@@H]1C[C@@H](Oc2cc(O[C@@H](C)[C@@H](C)C[C@H](F)CNC)nc(C(N)=NC)n2)CCN1C(=O)OC(C)(C)C. The van der Waals surface area contributed by atoms with Gasteiger partial charge in [0, 0.05) is 45.4 Å². The zero-order valence-electron chi connectivity index (χ0n) is 23.7. The molecule has 0 radical (unpaired) electrons. The molecule has 3 N–H and O–H groups in total. The van der Waals surface area contributed by atoms with Crippen molar-refractivity contribution in [3.05, 3.63) is 11.9 Å². The van der Waals surface area contributed by atoms with Crippen molar-refractivity contribution in [3.63, 3.8) is 0 Å². The van der Waals surface area contributed by atoms with Gasteiger partial charge in [0.15, 0.2) is 5.84 Å². The number of aliphatic imine (C=N–C) groups is 1. The predicted octanol–water partition coefficient (Wildman–Crippen LogP) is 3.33. The number of terminal acetylenes is 1. The summed E-state index contributed by atoms with van der Waals surface area (Å²) in [6.45, 7) is 9.99. The minimum Gasteiger partial charge on any atom is -0.474 e. The van der Waals surface area contributed by atoms with Gasteiger partial charge >= 0.3 is 6.09 Å². The molecule has 1 aromatic heterocycles. The molecule has 2 rings (SSSR count). The van der Waals surface area contributed by atoms with Gasteiger partial charge in [-0.2, -0.15) is 9.97 Å². The number of nitrogens with two attached hydrogens (primary N) is 1. The number of rotatable bonds is 11. The number of alkyl halides is 1. The Kier molecular flexibility index (Phi) is 11.6. The average molecular weight is 535 g/mol. The van der Waals surface area contributed by atoms with E-state index in [-0.39, 0.29) is 54.1 Å². The molecule has 0 saturated carbocycles. The van der Waals surface area contributed by atoms with E-state index in [1.54, 1.807) is 18.0 Å².